The second kappa shape index (κ2) is 8.67. The summed E-state index contributed by atoms with van der Waals surface area (Å²) >= 11 is 0. The lowest BCUT2D eigenvalue weighted by Gasteiger charge is -2.37. The average Bonchev–Trinajstić information content (AvgIpc) is 2.80. The molecular weight excluding hydrogens is 408 g/mol. The Kier molecular flexibility index (Phi) is 5.96. The van der Waals surface area contributed by atoms with E-state index in [-0.39, 0.29) is 0 Å². The van der Waals surface area contributed by atoms with E-state index in [1.165, 1.54) is 5.69 Å². The molecule has 2 heterocycles. The molecule has 0 amide bonds. The third-order valence-electron chi connectivity index (χ3n) is 5.58. The molecule has 0 aliphatic carbocycles. The van der Waals surface area contributed by atoms with E-state index in [1.807, 2.05) is 18.2 Å². The summed E-state index contributed by atoms with van der Waals surface area (Å²) < 4.78 is 24.7. The maximum Gasteiger partial charge on any atom is 0.180 e. The highest BCUT2D eigenvalue weighted by Crippen LogP contribution is 2.26. The number of sulfone groups is 1. The quantitative estimate of drug-likeness (QED) is 0.610. The summed E-state index contributed by atoms with van der Waals surface area (Å²) in [5, 5.41) is -0.462. The van der Waals surface area contributed by atoms with E-state index < -0.39 is 15.1 Å². The number of hydrogen-bond acceptors (Lipinski definition) is 6. The van der Waals surface area contributed by atoms with Crippen molar-refractivity contribution in [3.63, 3.8) is 0 Å². The predicted molar refractivity (Wildman–Crippen MR) is 124 cm³/mol. The van der Waals surface area contributed by atoms with Gasteiger partial charge in [-0.25, -0.2) is 13.4 Å². The first-order valence-electron chi connectivity index (χ1n) is 10.4. The van der Waals surface area contributed by atoms with E-state index in [2.05, 4.69) is 26.9 Å². The molecule has 2 radical (unpaired) electrons. The number of piperazine rings is 1. The number of hydrogen-bond donors (Lipinski definition) is 0. The third-order valence-corrected chi connectivity index (χ3v) is 7.75. The van der Waals surface area contributed by atoms with E-state index in [4.69, 9.17) is 11.9 Å². The Hall–Kier alpha value is -2.93. The summed E-state index contributed by atoms with van der Waals surface area (Å²) in [6.45, 7) is 12.8. The molecular formula is C24H26N4O2S. The highest BCUT2D eigenvalue weighted by molar-refractivity contribution is 7.92. The van der Waals surface area contributed by atoms with Crippen molar-refractivity contribution in [1.29, 1.82) is 0 Å². The predicted octanol–water partition coefficient (Wildman–Crippen LogP) is 3.71. The van der Waals surface area contributed by atoms with Gasteiger partial charge in [-0.3, -0.25) is 4.98 Å². The van der Waals surface area contributed by atoms with E-state index in [0.717, 1.165) is 31.7 Å². The molecule has 1 aromatic heterocycles. The van der Waals surface area contributed by atoms with Crippen LogP contribution in [0, 0.1) is 6.92 Å². The minimum absolute atomic E-state index is 0.312. The zero-order chi connectivity index (χ0) is 22.0. The van der Waals surface area contributed by atoms with Gasteiger partial charge in [0, 0.05) is 44.4 Å². The molecule has 3 aromatic rings. The number of anilines is 2. The van der Waals surface area contributed by atoms with Crippen molar-refractivity contribution in [2.75, 3.05) is 36.0 Å². The van der Waals surface area contributed by atoms with E-state index in [9.17, 15) is 8.42 Å². The van der Waals surface area contributed by atoms with Crippen molar-refractivity contribution >= 4 is 21.3 Å². The number of rotatable bonds is 5. The molecule has 0 saturated carbocycles. The molecule has 0 atom stereocenters. The fourth-order valence-corrected chi connectivity index (χ4v) is 4.72. The standard InChI is InChI=1S/C24H26N4O2S/c1-18(2)31(29,30)22-11-9-20(10-12-22)23-17-25-19(3)24(26-23)28-15-13-27(14-16-28)21-7-5-4-6-8-21/h3-12,17-18H,13-16H2,1-2H3. The van der Waals surface area contributed by atoms with Gasteiger partial charge in [0.25, 0.3) is 0 Å². The number of nitrogens with zero attached hydrogens (tertiary/aromatic N) is 4. The Morgan fingerprint density at radius 1 is 0.903 bits per heavy atom. The fraction of sp³-hybridized carbons (Fsp3) is 0.292. The van der Waals surface area contributed by atoms with Crippen LogP contribution in [0.15, 0.2) is 65.7 Å². The maximum atomic E-state index is 12.4. The van der Waals surface area contributed by atoms with Gasteiger partial charge in [0.05, 0.1) is 27.7 Å². The van der Waals surface area contributed by atoms with Crippen LogP contribution in [0.4, 0.5) is 11.5 Å². The minimum atomic E-state index is -3.30. The van der Waals surface area contributed by atoms with Gasteiger partial charge in [-0.15, -0.1) is 0 Å². The Balaban J connectivity index is 1.53. The molecule has 160 valence electrons. The molecule has 7 heteroatoms. The summed E-state index contributed by atoms with van der Waals surface area (Å²) in [7, 11) is -3.30. The largest absolute Gasteiger partial charge is 0.368 e. The summed E-state index contributed by atoms with van der Waals surface area (Å²) in [4.78, 5) is 13.9. The number of aromatic nitrogens is 2. The first-order valence-corrected chi connectivity index (χ1v) is 11.9. The second-order valence-electron chi connectivity index (χ2n) is 7.89. The summed E-state index contributed by atoms with van der Waals surface area (Å²) in [5.74, 6) is 0.670. The van der Waals surface area contributed by atoms with Crippen LogP contribution in [-0.2, 0) is 9.84 Å². The minimum Gasteiger partial charge on any atom is -0.368 e. The number of para-hydroxylation sites is 1. The molecule has 1 fully saturated rings. The van der Waals surface area contributed by atoms with Gasteiger partial charge in [-0.1, -0.05) is 30.3 Å². The van der Waals surface area contributed by atoms with Crippen LogP contribution in [0.2, 0.25) is 0 Å². The molecule has 0 spiro atoms. The van der Waals surface area contributed by atoms with Crippen LogP contribution >= 0.6 is 0 Å². The molecule has 1 aliphatic rings. The highest BCUT2D eigenvalue weighted by atomic mass is 32.2. The van der Waals surface area contributed by atoms with E-state index >= 15 is 0 Å². The van der Waals surface area contributed by atoms with Crippen LogP contribution in [-0.4, -0.2) is 49.8 Å². The van der Waals surface area contributed by atoms with Crippen molar-refractivity contribution < 1.29 is 8.42 Å². The van der Waals surface area contributed by atoms with Crippen molar-refractivity contribution in [1.82, 2.24) is 9.97 Å². The topological polar surface area (TPSA) is 66.4 Å². The van der Waals surface area contributed by atoms with Crippen LogP contribution < -0.4 is 9.80 Å². The van der Waals surface area contributed by atoms with Crippen LogP contribution in [0.3, 0.4) is 0 Å². The van der Waals surface area contributed by atoms with Gasteiger partial charge in [0.1, 0.15) is 0 Å². The molecule has 6 nitrogen and oxygen atoms in total. The smallest absolute Gasteiger partial charge is 0.180 e. The van der Waals surface area contributed by atoms with Crippen LogP contribution in [0.25, 0.3) is 11.3 Å². The highest BCUT2D eigenvalue weighted by Gasteiger charge is 2.22. The molecule has 2 aromatic carbocycles. The summed E-state index contributed by atoms with van der Waals surface area (Å²) in [6.07, 6.45) is 1.63. The lowest BCUT2D eigenvalue weighted by molar-refractivity contribution is 0.587. The second-order valence-corrected chi connectivity index (χ2v) is 10.4. The third kappa shape index (κ3) is 4.42. The van der Waals surface area contributed by atoms with Crippen molar-refractivity contribution in [3.05, 3.63) is 73.4 Å². The van der Waals surface area contributed by atoms with E-state index in [0.29, 0.717) is 22.1 Å². The van der Waals surface area contributed by atoms with Gasteiger partial charge in [-0.2, -0.15) is 0 Å². The average molecular weight is 435 g/mol. The maximum absolute atomic E-state index is 12.4. The SMILES string of the molecule is [CH]c1ncc(-c2ccc(S(=O)(=O)C(C)C)cc2)nc1N1CCN(c2ccccc2)CC1. The first-order chi connectivity index (χ1) is 14.9. The van der Waals surface area contributed by atoms with Gasteiger partial charge in [0.2, 0.25) is 0 Å². The molecule has 31 heavy (non-hydrogen) atoms. The molecule has 1 saturated heterocycles. The zero-order valence-electron chi connectivity index (χ0n) is 17.8. The zero-order valence-corrected chi connectivity index (χ0v) is 18.6. The van der Waals surface area contributed by atoms with Crippen LogP contribution in [0.5, 0.6) is 0 Å². The van der Waals surface area contributed by atoms with Crippen molar-refractivity contribution in [2.24, 2.45) is 0 Å². The molecule has 0 unspecified atom stereocenters. The molecule has 1 aliphatic heterocycles. The lowest BCUT2D eigenvalue weighted by Crippen LogP contribution is -2.47. The Morgan fingerprint density at radius 2 is 1.52 bits per heavy atom. The molecule has 0 N–H and O–H groups in total. The van der Waals surface area contributed by atoms with Gasteiger partial charge in [0.15, 0.2) is 15.7 Å². The normalized spacial score (nSPS) is 14.8. The Labute approximate surface area is 184 Å². The summed E-state index contributed by atoms with van der Waals surface area (Å²) in [5.41, 5.74) is 3.09. The van der Waals surface area contributed by atoms with E-state index in [1.54, 1.807) is 44.3 Å². The first kappa shape index (κ1) is 21.3. The fourth-order valence-electron chi connectivity index (χ4n) is 3.66. The van der Waals surface area contributed by atoms with Crippen LogP contribution in [0.1, 0.15) is 19.5 Å². The Morgan fingerprint density at radius 3 is 2.13 bits per heavy atom. The van der Waals surface area contributed by atoms with Gasteiger partial charge in [-0.05, 0) is 38.1 Å². The molecule has 4 rings (SSSR count). The van der Waals surface area contributed by atoms with Gasteiger partial charge >= 0.3 is 0 Å². The van der Waals surface area contributed by atoms with Crippen molar-refractivity contribution in [2.45, 2.75) is 24.0 Å². The lowest BCUT2D eigenvalue weighted by atomic mass is 10.1. The summed E-state index contributed by atoms with van der Waals surface area (Å²) in [6, 6.07) is 17.1. The van der Waals surface area contributed by atoms with Gasteiger partial charge < -0.3 is 9.80 Å². The monoisotopic (exact) mass is 434 g/mol. The molecule has 0 bridgehead atoms. The van der Waals surface area contributed by atoms with Crippen molar-refractivity contribution in [3.8, 4) is 11.3 Å². The number of benzene rings is 2. The Bertz CT molecular complexity index is 1140.